The largest absolute Gasteiger partial charge is 0.496 e. The Labute approximate surface area is 198 Å². The highest BCUT2D eigenvalue weighted by Crippen LogP contribution is 2.27. The zero-order chi connectivity index (χ0) is 24.1. The Balaban J connectivity index is 1.61. The Bertz CT molecular complexity index is 1160. The van der Waals surface area contributed by atoms with Crippen LogP contribution in [0.25, 0.3) is 0 Å². The molecule has 2 aliphatic heterocycles. The number of hydrogen-bond donors (Lipinski definition) is 1. The molecule has 11 heteroatoms. The third kappa shape index (κ3) is 5.07. The summed E-state index contributed by atoms with van der Waals surface area (Å²) in [5.74, 6) is -0.580. The van der Waals surface area contributed by atoms with E-state index in [0.717, 1.165) is 0 Å². The number of methoxy groups -OCH3 is 1. The van der Waals surface area contributed by atoms with E-state index < -0.39 is 15.9 Å². The van der Waals surface area contributed by atoms with Crippen molar-refractivity contribution >= 4 is 27.5 Å². The molecule has 10 nitrogen and oxygen atoms in total. The van der Waals surface area contributed by atoms with Gasteiger partial charge in [0.2, 0.25) is 10.0 Å². The number of anilines is 1. The van der Waals surface area contributed by atoms with E-state index in [1.165, 1.54) is 29.6 Å². The Morgan fingerprint density at radius 2 is 1.56 bits per heavy atom. The van der Waals surface area contributed by atoms with Crippen molar-refractivity contribution in [1.82, 2.24) is 9.21 Å². The van der Waals surface area contributed by atoms with E-state index in [1.54, 1.807) is 29.2 Å². The summed E-state index contributed by atoms with van der Waals surface area (Å²) in [6.07, 6.45) is 0. The molecule has 0 atom stereocenters. The number of nitrogens with zero attached hydrogens (tertiary/aromatic N) is 2. The summed E-state index contributed by atoms with van der Waals surface area (Å²) in [6, 6.07) is 10.9. The van der Waals surface area contributed by atoms with Crippen LogP contribution in [0.3, 0.4) is 0 Å². The van der Waals surface area contributed by atoms with Crippen LogP contribution in [-0.4, -0.2) is 89.2 Å². The number of sulfonamides is 1. The predicted octanol–water partition coefficient (Wildman–Crippen LogP) is 1.44. The topological polar surface area (TPSA) is 114 Å². The first-order valence-corrected chi connectivity index (χ1v) is 12.4. The predicted molar refractivity (Wildman–Crippen MR) is 124 cm³/mol. The second-order valence-corrected chi connectivity index (χ2v) is 9.72. The Hall–Kier alpha value is -2.99. The molecule has 2 amide bonds. The lowest BCUT2D eigenvalue weighted by Crippen LogP contribution is -2.41. The van der Waals surface area contributed by atoms with Crippen molar-refractivity contribution in [3.63, 3.8) is 0 Å². The van der Waals surface area contributed by atoms with Gasteiger partial charge in [0.15, 0.2) is 0 Å². The lowest BCUT2D eigenvalue weighted by molar-refractivity contribution is 0.0303. The number of carbonyl (C=O) groups is 2. The van der Waals surface area contributed by atoms with Crippen molar-refractivity contribution in [2.24, 2.45) is 0 Å². The van der Waals surface area contributed by atoms with E-state index in [-0.39, 0.29) is 35.2 Å². The quantitative estimate of drug-likeness (QED) is 0.653. The molecule has 0 spiro atoms. The first kappa shape index (κ1) is 24.1. The standard InChI is InChI=1S/C23H27N3O7S/c1-31-21-7-6-17(34(29,30)26-10-14-33-15-11-26)16-19(21)22(27)24-20-5-3-2-4-18(20)23(28)25-8-12-32-13-9-25/h2-7,16H,8-15H2,1H3,(H,24,27). The molecule has 2 aromatic rings. The summed E-state index contributed by atoms with van der Waals surface area (Å²) in [5, 5.41) is 2.75. The Morgan fingerprint density at radius 1 is 0.912 bits per heavy atom. The molecule has 2 aromatic carbocycles. The van der Waals surface area contributed by atoms with Crippen LogP contribution in [0.1, 0.15) is 20.7 Å². The monoisotopic (exact) mass is 489 g/mol. The van der Waals surface area contributed by atoms with Crippen LogP contribution in [0.5, 0.6) is 5.75 Å². The van der Waals surface area contributed by atoms with Gasteiger partial charge in [-0.1, -0.05) is 12.1 Å². The van der Waals surface area contributed by atoms with E-state index in [2.05, 4.69) is 5.32 Å². The van der Waals surface area contributed by atoms with E-state index >= 15 is 0 Å². The average Bonchev–Trinajstić information content (AvgIpc) is 2.89. The first-order chi connectivity index (χ1) is 16.4. The van der Waals surface area contributed by atoms with E-state index in [4.69, 9.17) is 14.2 Å². The van der Waals surface area contributed by atoms with Gasteiger partial charge in [-0.05, 0) is 30.3 Å². The van der Waals surface area contributed by atoms with Gasteiger partial charge in [0.25, 0.3) is 11.8 Å². The summed E-state index contributed by atoms with van der Waals surface area (Å²) in [6.45, 7) is 2.98. The third-order valence-corrected chi connectivity index (χ3v) is 7.62. The molecule has 0 saturated carbocycles. The number of ether oxygens (including phenoxy) is 3. The molecular formula is C23H27N3O7S. The number of benzene rings is 2. The first-order valence-electron chi connectivity index (χ1n) is 10.9. The lowest BCUT2D eigenvalue weighted by Gasteiger charge is -2.27. The van der Waals surface area contributed by atoms with Gasteiger partial charge in [-0.25, -0.2) is 8.42 Å². The molecule has 0 radical (unpaired) electrons. The minimum atomic E-state index is -3.81. The summed E-state index contributed by atoms with van der Waals surface area (Å²) in [7, 11) is -2.41. The number of morpholine rings is 2. The average molecular weight is 490 g/mol. The van der Waals surface area contributed by atoms with Crippen LogP contribution in [0.4, 0.5) is 5.69 Å². The van der Waals surface area contributed by atoms with Gasteiger partial charge >= 0.3 is 0 Å². The molecule has 2 heterocycles. The normalized spacial score (nSPS) is 17.3. The van der Waals surface area contributed by atoms with Gasteiger partial charge < -0.3 is 24.4 Å². The lowest BCUT2D eigenvalue weighted by atomic mass is 10.1. The maximum atomic E-state index is 13.2. The van der Waals surface area contributed by atoms with Crippen LogP contribution < -0.4 is 10.1 Å². The van der Waals surface area contributed by atoms with E-state index in [9.17, 15) is 18.0 Å². The molecular weight excluding hydrogens is 462 g/mol. The fraction of sp³-hybridized carbons (Fsp3) is 0.391. The smallest absolute Gasteiger partial charge is 0.259 e. The Kier molecular flexibility index (Phi) is 7.47. The van der Waals surface area contributed by atoms with Crippen molar-refractivity contribution in [2.75, 3.05) is 65.0 Å². The number of carbonyl (C=O) groups excluding carboxylic acids is 2. The van der Waals surface area contributed by atoms with Crippen molar-refractivity contribution in [1.29, 1.82) is 0 Å². The molecule has 0 aliphatic carbocycles. The van der Waals surface area contributed by atoms with Gasteiger partial charge in [0, 0.05) is 26.2 Å². The maximum absolute atomic E-state index is 13.2. The van der Waals surface area contributed by atoms with Crippen LogP contribution in [0.15, 0.2) is 47.4 Å². The number of amides is 2. The number of rotatable bonds is 6. The van der Waals surface area contributed by atoms with Crippen molar-refractivity contribution < 1.29 is 32.2 Å². The van der Waals surface area contributed by atoms with Crippen molar-refractivity contribution in [3.8, 4) is 5.75 Å². The van der Waals surface area contributed by atoms with E-state index in [0.29, 0.717) is 50.8 Å². The highest BCUT2D eigenvalue weighted by Gasteiger charge is 2.28. The summed E-state index contributed by atoms with van der Waals surface area (Å²) in [4.78, 5) is 27.9. The molecule has 0 bridgehead atoms. The molecule has 1 N–H and O–H groups in total. The molecule has 2 saturated heterocycles. The zero-order valence-electron chi connectivity index (χ0n) is 18.9. The number of para-hydroxylation sites is 1. The van der Waals surface area contributed by atoms with Gasteiger partial charge in [-0.3, -0.25) is 9.59 Å². The van der Waals surface area contributed by atoms with Crippen molar-refractivity contribution in [2.45, 2.75) is 4.90 Å². The summed E-state index contributed by atoms with van der Waals surface area (Å²) in [5.41, 5.74) is 0.715. The van der Waals surface area contributed by atoms with E-state index in [1.807, 2.05) is 0 Å². The fourth-order valence-electron chi connectivity index (χ4n) is 3.87. The zero-order valence-corrected chi connectivity index (χ0v) is 19.7. The second-order valence-electron chi connectivity index (χ2n) is 7.78. The molecule has 4 rings (SSSR count). The summed E-state index contributed by atoms with van der Waals surface area (Å²) >= 11 is 0. The second kappa shape index (κ2) is 10.5. The number of hydrogen-bond acceptors (Lipinski definition) is 7. The third-order valence-electron chi connectivity index (χ3n) is 5.73. The minimum absolute atomic E-state index is 0.0157. The van der Waals surface area contributed by atoms with Crippen LogP contribution in [0.2, 0.25) is 0 Å². The van der Waals surface area contributed by atoms with Crippen LogP contribution in [0, 0.1) is 0 Å². The molecule has 2 fully saturated rings. The molecule has 0 aromatic heterocycles. The highest BCUT2D eigenvalue weighted by atomic mass is 32.2. The number of nitrogens with one attached hydrogen (secondary N) is 1. The summed E-state index contributed by atoms with van der Waals surface area (Å²) < 4.78 is 43.3. The van der Waals surface area contributed by atoms with Gasteiger partial charge in [-0.2, -0.15) is 4.31 Å². The highest BCUT2D eigenvalue weighted by molar-refractivity contribution is 7.89. The van der Waals surface area contributed by atoms with Gasteiger partial charge in [-0.15, -0.1) is 0 Å². The van der Waals surface area contributed by atoms with Gasteiger partial charge in [0.1, 0.15) is 5.75 Å². The molecule has 182 valence electrons. The SMILES string of the molecule is COc1ccc(S(=O)(=O)N2CCOCC2)cc1C(=O)Nc1ccccc1C(=O)N1CCOCC1. The maximum Gasteiger partial charge on any atom is 0.259 e. The fourth-order valence-corrected chi connectivity index (χ4v) is 5.30. The minimum Gasteiger partial charge on any atom is -0.496 e. The molecule has 2 aliphatic rings. The molecule has 0 unspecified atom stereocenters. The van der Waals surface area contributed by atoms with Crippen LogP contribution in [-0.2, 0) is 19.5 Å². The van der Waals surface area contributed by atoms with Crippen molar-refractivity contribution in [3.05, 3.63) is 53.6 Å². The van der Waals surface area contributed by atoms with Gasteiger partial charge in [0.05, 0.1) is 55.2 Å². The molecule has 34 heavy (non-hydrogen) atoms. The Morgan fingerprint density at radius 3 is 2.24 bits per heavy atom. The van der Waals surface area contributed by atoms with Crippen LogP contribution >= 0.6 is 0 Å².